The van der Waals surface area contributed by atoms with Gasteiger partial charge in [-0.25, -0.2) is 0 Å². The Morgan fingerprint density at radius 3 is 2.56 bits per heavy atom. The number of nitrogens with one attached hydrogen (secondary N) is 1. The number of halogens is 1. The zero-order valence-corrected chi connectivity index (χ0v) is 16.7. The second-order valence-electron chi connectivity index (χ2n) is 6.41. The van der Waals surface area contributed by atoms with Gasteiger partial charge in [0.15, 0.2) is 0 Å². The molecule has 0 atom stereocenters. The average molecular weight is 392 g/mol. The third kappa shape index (κ3) is 6.34. The summed E-state index contributed by atoms with van der Waals surface area (Å²) in [4.78, 5) is 14.6. The number of hydrogen-bond acceptors (Lipinski definition) is 5. The highest BCUT2D eigenvalue weighted by molar-refractivity contribution is 6.33. The molecule has 0 bridgehead atoms. The number of amides is 1. The molecule has 7 heteroatoms. The Labute approximate surface area is 165 Å². The minimum absolute atomic E-state index is 0.280. The molecule has 146 valence electrons. The molecule has 2 aromatic carbocycles. The van der Waals surface area contributed by atoms with Gasteiger partial charge in [-0.2, -0.15) is 0 Å². The van der Waals surface area contributed by atoms with Crippen LogP contribution < -0.4 is 20.5 Å². The van der Waals surface area contributed by atoms with E-state index in [9.17, 15) is 4.79 Å². The van der Waals surface area contributed by atoms with Crippen molar-refractivity contribution < 1.29 is 14.3 Å². The topological polar surface area (TPSA) is 76.8 Å². The zero-order chi connectivity index (χ0) is 19.8. The number of rotatable bonds is 9. The minimum Gasteiger partial charge on any atom is -0.496 e. The van der Waals surface area contributed by atoms with Crippen LogP contribution in [0.2, 0.25) is 5.02 Å². The van der Waals surface area contributed by atoms with Gasteiger partial charge in [0.25, 0.3) is 5.91 Å². The standard InChI is InChI=1S/C20H26ClN3O3/c1-24(2)9-4-10-27-15-7-5-14(6-8-15)13-23-20(25)16-11-17(21)18(22)12-19(16)26-3/h5-8,11-12H,4,9-10,13,22H2,1-3H3,(H,23,25). The lowest BCUT2D eigenvalue weighted by Gasteiger charge is -2.12. The zero-order valence-electron chi connectivity index (χ0n) is 15.9. The van der Waals surface area contributed by atoms with E-state index < -0.39 is 0 Å². The largest absolute Gasteiger partial charge is 0.496 e. The molecular weight excluding hydrogens is 366 g/mol. The van der Waals surface area contributed by atoms with E-state index in [2.05, 4.69) is 10.2 Å². The van der Waals surface area contributed by atoms with Gasteiger partial charge in [0.05, 0.1) is 30.0 Å². The van der Waals surface area contributed by atoms with Crippen LogP contribution in [-0.2, 0) is 6.54 Å². The van der Waals surface area contributed by atoms with E-state index in [4.69, 9.17) is 26.8 Å². The number of nitrogens with zero attached hydrogens (tertiary/aromatic N) is 1. The molecule has 0 saturated heterocycles. The number of nitrogen functional groups attached to an aromatic ring is 1. The molecule has 0 spiro atoms. The molecule has 1 amide bonds. The van der Waals surface area contributed by atoms with Crippen LogP contribution in [-0.4, -0.2) is 45.2 Å². The second kappa shape index (κ2) is 10.0. The van der Waals surface area contributed by atoms with E-state index in [1.807, 2.05) is 38.4 Å². The lowest BCUT2D eigenvalue weighted by Crippen LogP contribution is -2.23. The van der Waals surface area contributed by atoms with E-state index in [1.54, 1.807) is 6.07 Å². The van der Waals surface area contributed by atoms with Crippen LogP contribution in [0.25, 0.3) is 0 Å². The summed E-state index contributed by atoms with van der Waals surface area (Å²) in [6, 6.07) is 10.7. The highest BCUT2D eigenvalue weighted by Gasteiger charge is 2.14. The molecule has 2 rings (SSSR count). The number of carbonyl (C=O) groups is 1. The Bertz CT molecular complexity index is 764. The van der Waals surface area contributed by atoms with Crippen molar-refractivity contribution in [2.24, 2.45) is 0 Å². The predicted octanol–water partition coefficient (Wildman–Crippen LogP) is 3.19. The average Bonchev–Trinajstić information content (AvgIpc) is 2.65. The van der Waals surface area contributed by atoms with Gasteiger partial charge in [0, 0.05) is 19.2 Å². The van der Waals surface area contributed by atoms with Gasteiger partial charge in [0.1, 0.15) is 11.5 Å². The van der Waals surface area contributed by atoms with Crippen molar-refractivity contribution in [2.75, 3.05) is 40.1 Å². The highest BCUT2D eigenvalue weighted by atomic mass is 35.5. The van der Waals surface area contributed by atoms with E-state index in [-0.39, 0.29) is 5.91 Å². The molecule has 0 fully saturated rings. The quantitative estimate of drug-likeness (QED) is 0.507. The van der Waals surface area contributed by atoms with Gasteiger partial charge in [-0.3, -0.25) is 4.79 Å². The van der Waals surface area contributed by atoms with E-state index in [0.717, 1.165) is 24.3 Å². The third-order valence-corrected chi connectivity index (χ3v) is 4.29. The van der Waals surface area contributed by atoms with Crippen LogP contribution in [0.5, 0.6) is 11.5 Å². The fourth-order valence-corrected chi connectivity index (χ4v) is 2.63. The molecule has 0 unspecified atom stereocenters. The predicted molar refractivity (Wildman–Crippen MR) is 109 cm³/mol. The Hall–Kier alpha value is -2.44. The number of anilines is 1. The molecule has 0 saturated carbocycles. The summed E-state index contributed by atoms with van der Waals surface area (Å²) in [7, 11) is 5.56. The smallest absolute Gasteiger partial charge is 0.255 e. The molecule has 0 aliphatic carbocycles. The summed E-state index contributed by atoms with van der Waals surface area (Å²) in [6.45, 7) is 2.04. The van der Waals surface area contributed by atoms with Crippen molar-refractivity contribution in [3.8, 4) is 11.5 Å². The van der Waals surface area contributed by atoms with Crippen molar-refractivity contribution in [3.05, 3.63) is 52.5 Å². The molecule has 0 aromatic heterocycles. The normalized spacial score (nSPS) is 10.7. The fraction of sp³-hybridized carbons (Fsp3) is 0.350. The van der Waals surface area contributed by atoms with Crippen LogP contribution in [0.4, 0.5) is 5.69 Å². The number of hydrogen-bond donors (Lipinski definition) is 2. The number of benzene rings is 2. The summed E-state index contributed by atoms with van der Waals surface area (Å²) in [5, 5.41) is 3.17. The molecule has 0 aliphatic heterocycles. The minimum atomic E-state index is -0.280. The monoisotopic (exact) mass is 391 g/mol. The van der Waals surface area contributed by atoms with Crippen LogP contribution in [0.1, 0.15) is 22.3 Å². The summed E-state index contributed by atoms with van der Waals surface area (Å²) >= 11 is 6.01. The molecule has 2 aromatic rings. The molecular formula is C20H26ClN3O3. The van der Waals surface area contributed by atoms with Gasteiger partial charge in [0.2, 0.25) is 0 Å². The first-order valence-corrected chi connectivity index (χ1v) is 9.06. The van der Waals surface area contributed by atoms with Crippen LogP contribution in [0.3, 0.4) is 0 Å². The van der Waals surface area contributed by atoms with E-state index in [1.165, 1.54) is 13.2 Å². The van der Waals surface area contributed by atoms with Gasteiger partial charge >= 0.3 is 0 Å². The third-order valence-electron chi connectivity index (χ3n) is 3.96. The maximum absolute atomic E-state index is 12.4. The fourth-order valence-electron chi connectivity index (χ4n) is 2.47. The number of methoxy groups -OCH3 is 1. The number of nitrogens with two attached hydrogens (primary N) is 1. The maximum atomic E-state index is 12.4. The first-order chi connectivity index (χ1) is 12.9. The van der Waals surface area contributed by atoms with Crippen LogP contribution in [0, 0.1) is 0 Å². The van der Waals surface area contributed by atoms with E-state index >= 15 is 0 Å². The highest BCUT2D eigenvalue weighted by Crippen LogP contribution is 2.28. The molecule has 0 heterocycles. The number of carbonyl (C=O) groups excluding carboxylic acids is 1. The lowest BCUT2D eigenvalue weighted by molar-refractivity contribution is 0.0948. The molecule has 0 radical (unpaired) electrons. The Morgan fingerprint density at radius 1 is 1.22 bits per heavy atom. The van der Waals surface area contributed by atoms with Crippen molar-refractivity contribution in [2.45, 2.75) is 13.0 Å². The summed E-state index contributed by atoms with van der Waals surface area (Å²) in [5.74, 6) is 0.921. The molecule has 3 N–H and O–H groups in total. The molecule has 27 heavy (non-hydrogen) atoms. The van der Waals surface area contributed by atoms with Crippen molar-refractivity contribution in [1.82, 2.24) is 10.2 Å². The van der Waals surface area contributed by atoms with Gasteiger partial charge in [-0.05, 0) is 44.3 Å². The van der Waals surface area contributed by atoms with Gasteiger partial charge in [-0.15, -0.1) is 0 Å². The van der Waals surface area contributed by atoms with Crippen molar-refractivity contribution >= 4 is 23.2 Å². The van der Waals surface area contributed by atoms with Crippen LogP contribution >= 0.6 is 11.6 Å². The van der Waals surface area contributed by atoms with E-state index in [0.29, 0.717) is 35.2 Å². The Balaban J connectivity index is 1.89. The van der Waals surface area contributed by atoms with Crippen molar-refractivity contribution in [1.29, 1.82) is 0 Å². The maximum Gasteiger partial charge on any atom is 0.255 e. The lowest BCUT2D eigenvalue weighted by atomic mass is 10.1. The second-order valence-corrected chi connectivity index (χ2v) is 6.81. The Kier molecular flexibility index (Phi) is 7.76. The van der Waals surface area contributed by atoms with Crippen molar-refractivity contribution in [3.63, 3.8) is 0 Å². The van der Waals surface area contributed by atoms with Gasteiger partial charge < -0.3 is 25.4 Å². The Morgan fingerprint density at radius 2 is 1.93 bits per heavy atom. The summed E-state index contributed by atoms with van der Waals surface area (Å²) in [6.07, 6.45) is 0.969. The SMILES string of the molecule is COc1cc(N)c(Cl)cc1C(=O)NCc1ccc(OCCCN(C)C)cc1. The molecule has 0 aliphatic rings. The first-order valence-electron chi connectivity index (χ1n) is 8.68. The summed E-state index contributed by atoms with van der Waals surface area (Å²) < 4.78 is 10.9. The number of ether oxygens (including phenoxy) is 2. The van der Waals surface area contributed by atoms with Crippen LogP contribution in [0.15, 0.2) is 36.4 Å². The first kappa shape index (κ1) is 20.9. The van der Waals surface area contributed by atoms with Gasteiger partial charge in [-0.1, -0.05) is 23.7 Å². The molecule has 6 nitrogen and oxygen atoms in total. The summed E-state index contributed by atoms with van der Waals surface area (Å²) in [5.41, 5.74) is 7.42.